The Labute approximate surface area is 175 Å². The normalized spacial score (nSPS) is 18.1. The minimum atomic E-state index is 0.0281. The van der Waals surface area contributed by atoms with Gasteiger partial charge >= 0.3 is 6.03 Å². The van der Waals surface area contributed by atoms with E-state index in [1.807, 2.05) is 21.6 Å². The average molecular weight is 403 g/mol. The maximum atomic E-state index is 12.3. The highest BCUT2D eigenvalue weighted by molar-refractivity contribution is 5.78. The van der Waals surface area contributed by atoms with Crippen molar-refractivity contribution in [2.24, 2.45) is 0 Å². The van der Waals surface area contributed by atoms with E-state index in [1.54, 1.807) is 25.2 Å². The van der Waals surface area contributed by atoms with Gasteiger partial charge in [0.25, 0.3) is 0 Å². The van der Waals surface area contributed by atoms with Gasteiger partial charge in [0.15, 0.2) is 0 Å². The first-order valence-corrected chi connectivity index (χ1v) is 10.2. The van der Waals surface area contributed by atoms with Gasteiger partial charge in [0.2, 0.25) is 0 Å². The molecule has 0 aliphatic carbocycles. The summed E-state index contributed by atoms with van der Waals surface area (Å²) in [6, 6.07) is 8.41. The van der Waals surface area contributed by atoms with Gasteiger partial charge in [-0.2, -0.15) is 0 Å². The van der Waals surface area contributed by atoms with E-state index in [0.717, 1.165) is 41.1 Å². The smallest absolute Gasteiger partial charge is 0.319 e. The zero-order chi connectivity index (χ0) is 20.8. The quantitative estimate of drug-likeness (QED) is 0.687. The van der Waals surface area contributed by atoms with Crippen LogP contribution in [-0.2, 0) is 6.42 Å². The van der Waals surface area contributed by atoms with Gasteiger partial charge < -0.3 is 20.9 Å². The van der Waals surface area contributed by atoms with Crippen molar-refractivity contribution in [3.05, 3.63) is 59.8 Å². The van der Waals surface area contributed by atoms with Gasteiger partial charge in [-0.25, -0.2) is 14.8 Å². The standard InChI is InChI=1S/C22H25N7O/c1-27(2)22(30)28-10-7-14(8-11-28)21-26-18(19-20(23)24-9-12-29(19)21)17-13-15-5-3-4-6-16(15)25-17/h3-7,9,12,17,25H,8,10-11,13H2,1-2H3,(H2,23,24). The van der Waals surface area contributed by atoms with Crippen LogP contribution in [0.2, 0.25) is 0 Å². The van der Waals surface area contributed by atoms with Crippen molar-refractivity contribution in [1.82, 2.24) is 24.2 Å². The minimum absolute atomic E-state index is 0.0281. The monoisotopic (exact) mass is 403 g/mol. The number of para-hydroxylation sites is 1. The third-order valence-electron chi connectivity index (χ3n) is 5.86. The lowest BCUT2D eigenvalue weighted by Crippen LogP contribution is -2.41. The number of hydrogen-bond donors (Lipinski definition) is 2. The molecule has 2 aliphatic heterocycles. The van der Waals surface area contributed by atoms with Crippen molar-refractivity contribution in [2.45, 2.75) is 18.9 Å². The largest absolute Gasteiger partial charge is 0.382 e. The van der Waals surface area contributed by atoms with E-state index >= 15 is 0 Å². The molecule has 0 spiro atoms. The lowest BCUT2D eigenvalue weighted by atomic mass is 10.1. The molecule has 8 nitrogen and oxygen atoms in total. The number of hydrogen-bond acceptors (Lipinski definition) is 5. The first-order valence-electron chi connectivity index (χ1n) is 10.2. The zero-order valence-corrected chi connectivity index (χ0v) is 17.2. The zero-order valence-electron chi connectivity index (χ0n) is 17.2. The van der Waals surface area contributed by atoms with Crippen molar-refractivity contribution in [3.63, 3.8) is 0 Å². The molecule has 0 fully saturated rings. The Morgan fingerprint density at radius 2 is 2.13 bits per heavy atom. The van der Waals surface area contributed by atoms with Gasteiger partial charge in [0.05, 0.1) is 11.7 Å². The minimum Gasteiger partial charge on any atom is -0.382 e. The Morgan fingerprint density at radius 3 is 2.87 bits per heavy atom. The Hall–Kier alpha value is -3.55. The lowest BCUT2D eigenvalue weighted by Gasteiger charge is -2.28. The van der Waals surface area contributed by atoms with Crippen LogP contribution in [0, 0.1) is 0 Å². The van der Waals surface area contributed by atoms with Gasteiger partial charge in [0, 0.05) is 51.7 Å². The number of carbonyl (C=O) groups excluding carboxylic acids is 1. The van der Waals surface area contributed by atoms with Crippen molar-refractivity contribution < 1.29 is 4.79 Å². The molecule has 0 radical (unpaired) electrons. The number of imidazole rings is 1. The summed E-state index contributed by atoms with van der Waals surface area (Å²) in [6.45, 7) is 1.24. The number of urea groups is 1. The summed E-state index contributed by atoms with van der Waals surface area (Å²) in [5.74, 6) is 1.36. The van der Waals surface area contributed by atoms with Crippen LogP contribution in [0.15, 0.2) is 42.7 Å². The number of amides is 2. The van der Waals surface area contributed by atoms with E-state index in [2.05, 4.69) is 34.6 Å². The number of nitrogen functional groups attached to an aromatic ring is 1. The number of anilines is 2. The fourth-order valence-electron chi connectivity index (χ4n) is 4.35. The Kier molecular flexibility index (Phi) is 4.34. The van der Waals surface area contributed by atoms with Gasteiger partial charge in [0.1, 0.15) is 17.2 Å². The number of benzene rings is 1. The Balaban J connectivity index is 1.52. The van der Waals surface area contributed by atoms with Crippen LogP contribution in [0.1, 0.15) is 29.5 Å². The first kappa shape index (κ1) is 18.5. The predicted molar refractivity (Wildman–Crippen MR) is 117 cm³/mol. The maximum absolute atomic E-state index is 12.3. The molecule has 1 aromatic carbocycles. The molecule has 0 saturated heterocycles. The molecular formula is C22H25N7O. The number of rotatable bonds is 2. The molecule has 4 heterocycles. The van der Waals surface area contributed by atoms with Crippen molar-refractivity contribution in [2.75, 3.05) is 38.2 Å². The number of nitrogens with one attached hydrogen (secondary N) is 1. The molecular weight excluding hydrogens is 378 g/mol. The summed E-state index contributed by atoms with van der Waals surface area (Å²) < 4.78 is 2.04. The van der Waals surface area contributed by atoms with Crippen LogP contribution in [0.4, 0.5) is 16.3 Å². The van der Waals surface area contributed by atoms with Gasteiger partial charge in [-0.05, 0) is 23.6 Å². The molecule has 0 bridgehead atoms. The molecule has 2 amide bonds. The molecule has 2 aliphatic rings. The number of fused-ring (bicyclic) bond motifs is 2. The highest BCUT2D eigenvalue weighted by Crippen LogP contribution is 2.37. The van der Waals surface area contributed by atoms with E-state index in [1.165, 1.54) is 5.56 Å². The molecule has 2 aromatic heterocycles. The highest BCUT2D eigenvalue weighted by atomic mass is 16.2. The predicted octanol–water partition coefficient (Wildman–Crippen LogP) is 2.79. The second-order valence-corrected chi connectivity index (χ2v) is 8.01. The van der Waals surface area contributed by atoms with E-state index in [4.69, 9.17) is 10.7 Å². The van der Waals surface area contributed by atoms with Crippen molar-refractivity contribution >= 4 is 28.6 Å². The molecule has 30 heavy (non-hydrogen) atoms. The number of nitrogens with two attached hydrogens (primary N) is 1. The van der Waals surface area contributed by atoms with Crippen LogP contribution in [-0.4, -0.2) is 57.4 Å². The van der Waals surface area contributed by atoms with Gasteiger partial charge in [-0.15, -0.1) is 0 Å². The summed E-state index contributed by atoms with van der Waals surface area (Å²) in [7, 11) is 3.55. The second kappa shape index (κ2) is 7.05. The Bertz CT molecular complexity index is 1140. The van der Waals surface area contributed by atoms with Gasteiger partial charge in [-0.1, -0.05) is 24.3 Å². The molecule has 8 heteroatoms. The number of carbonyl (C=O) groups is 1. The Morgan fingerprint density at radius 1 is 1.30 bits per heavy atom. The topological polar surface area (TPSA) is 91.8 Å². The average Bonchev–Trinajstić information content (AvgIpc) is 3.35. The molecule has 1 atom stereocenters. The van der Waals surface area contributed by atoms with Crippen molar-refractivity contribution in [1.29, 1.82) is 0 Å². The van der Waals surface area contributed by atoms with Crippen LogP contribution < -0.4 is 11.1 Å². The lowest BCUT2D eigenvalue weighted by molar-refractivity contribution is 0.176. The van der Waals surface area contributed by atoms with Gasteiger partial charge in [-0.3, -0.25) is 4.40 Å². The van der Waals surface area contributed by atoms with E-state index in [0.29, 0.717) is 18.9 Å². The molecule has 154 valence electrons. The number of aromatic nitrogens is 3. The van der Waals surface area contributed by atoms with Crippen LogP contribution >= 0.6 is 0 Å². The fourth-order valence-corrected chi connectivity index (χ4v) is 4.35. The number of nitrogens with zero attached hydrogens (tertiary/aromatic N) is 5. The third kappa shape index (κ3) is 2.96. The van der Waals surface area contributed by atoms with E-state index in [9.17, 15) is 4.79 Å². The fraction of sp³-hybridized carbons (Fsp3) is 0.318. The molecule has 3 aromatic rings. The maximum Gasteiger partial charge on any atom is 0.319 e. The highest BCUT2D eigenvalue weighted by Gasteiger charge is 2.29. The molecule has 5 rings (SSSR count). The third-order valence-corrected chi connectivity index (χ3v) is 5.86. The van der Waals surface area contributed by atoms with Crippen LogP contribution in [0.3, 0.4) is 0 Å². The SMILES string of the molecule is CN(C)C(=O)N1CC=C(c2nc(C3Cc4ccccc4N3)c3c(N)nccn23)CC1. The molecule has 0 saturated carbocycles. The van der Waals surface area contributed by atoms with Crippen molar-refractivity contribution in [3.8, 4) is 0 Å². The van der Waals surface area contributed by atoms with E-state index in [-0.39, 0.29) is 12.1 Å². The van der Waals surface area contributed by atoms with E-state index < -0.39 is 0 Å². The second-order valence-electron chi connectivity index (χ2n) is 8.01. The molecule has 1 unspecified atom stereocenters. The summed E-state index contributed by atoms with van der Waals surface area (Å²) in [5, 5.41) is 3.58. The molecule has 3 N–H and O–H groups in total. The summed E-state index contributed by atoms with van der Waals surface area (Å²) in [6.07, 6.45) is 7.33. The first-order chi connectivity index (χ1) is 14.5. The van der Waals surface area contributed by atoms with Crippen LogP contribution in [0.5, 0.6) is 0 Å². The summed E-state index contributed by atoms with van der Waals surface area (Å²) >= 11 is 0. The summed E-state index contributed by atoms with van der Waals surface area (Å²) in [5.41, 5.74) is 11.6. The summed E-state index contributed by atoms with van der Waals surface area (Å²) in [4.78, 5) is 25.1. The van der Waals surface area contributed by atoms with Crippen LogP contribution in [0.25, 0.3) is 11.1 Å².